The van der Waals surface area contributed by atoms with E-state index in [4.69, 9.17) is 15.7 Å². The van der Waals surface area contributed by atoms with Gasteiger partial charge in [-0.05, 0) is 6.92 Å². The zero-order chi connectivity index (χ0) is 10.6. The van der Waals surface area contributed by atoms with Crippen molar-refractivity contribution in [2.45, 2.75) is 13.0 Å². The summed E-state index contributed by atoms with van der Waals surface area (Å²) >= 11 is 0. The highest BCUT2D eigenvalue weighted by atomic mass is 16.5. The highest BCUT2D eigenvalue weighted by molar-refractivity contribution is 5.80. The van der Waals surface area contributed by atoms with Crippen LogP contribution < -0.4 is 5.73 Å². The summed E-state index contributed by atoms with van der Waals surface area (Å²) in [5.74, 6) is -0.468. The van der Waals surface area contributed by atoms with Crippen LogP contribution in [0, 0.1) is 17.2 Å². The Kier molecular flexibility index (Phi) is 3.86. The van der Waals surface area contributed by atoms with Crippen LogP contribution in [0.3, 0.4) is 0 Å². The van der Waals surface area contributed by atoms with Gasteiger partial charge in [-0.2, -0.15) is 5.26 Å². The molecule has 14 heavy (non-hydrogen) atoms. The summed E-state index contributed by atoms with van der Waals surface area (Å²) in [7, 11) is 0. The molecule has 0 aliphatic carbocycles. The lowest BCUT2D eigenvalue weighted by Gasteiger charge is -2.33. The summed E-state index contributed by atoms with van der Waals surface area (Å²) in [4.78, 5) is 13.0. The summed E-state index contributed by atoms with van der Waals surface area (Å²) in [6, 6.07) is 1.76. The van der Waals surface area contributed by atoms with Gasteiger partial charge in [0.05, 0.1) is 25.2 Å². The Bertz CT molecular complexity index is 249. The van der Waals surface area contributed by atoms with Crippen LogP contribution in [0.5, 0.6) is 0 Å². The van der Waals surface area contributed by atoms with Crippen molar-refractivity contribution in [2.75, 3.05) is 26.3 Å². The van der Waals surface area contributed by atoms with Crippen LogP contribution in [0.2, 0.25) is 0 Å². The fraction of sp³-hybridized carbons (Fsp3) is 0.778. The fourth-order valence-electron chi connectivity index (χ4n) is 1.51. The summed E-state index contributed by atoms with van der Waals surface area (Å²) in [6.45, 7) is 4.01. The van der Waals surface area contributed by atoms with E-state index >= 15 is 0 Å². The predicted molar refractivity (Wildman–Crippen MR) is 50.2 cm³/mol. The molecule has 1 heterocycles. The number of ether oxygens (including phenoxy) is 1. The number of nitrogens with zero attached hydrogens (tertiary/aromatic N) is 2. The van der Waals surface area contributed by atoms with Crippen LogP contribution >= 0.6 is 0 Å². The van der Waals surface area contributed by atoms with Gasteiger partial charge in [0.1, 0.15) is 6.04 Å². The van der Waals surface area contributed by atoms with E-state index in [1.807, 2.05) is 11.8 Å². The molecule has 5 nitrogen and oxygen atoms in total. The Labute approximate surface area is 83.4 Å². The Morgan fingerprint density at radius 1 is 1.86 bits per heavy atom. The number of hydrogen-bond acceptors (Lipinski definition) is 4. The van der Waals surface area contributed by atoms with Crippen LogP contribution in [0.25, 0.3) is 0 Å². The number of rotatable bonds is 3. The fourth-order valence-corrected chi connectivity index (χ4v) is 1.51. The van der Waals surface area contributed by atoms with Gasteiger partial charge in [-0.3, -0.25) is 9.69 Å². The summed E-state index contributed by atoms with van der Waals surface area (Å²) in [5, 5.41) is 8.67. The highest BCUT2D eigenvalue weighted by Crippen LogP contribution is 2.09. The largest absolute Gasteiger partial charge is 0.378 e. The average Bonchev–Trinajstić information content (AvgIpc) is 2.18. The minimum atomic E-state index is -0.380. The SMILES string of the molecule is CC(C#N)CN1CCOCC1C(N)=O. The molecule has 0 radical (unpaired) electrons. The standard InChI is InChI=1S/C9H15N3O2/c1-7(4-10)5-12-2-3-14-6-8(12)9(11)13/h7-8H,2-3,5-6H2,1H3,(H2,11,13). The first-order chi connectivity index (χ1) is 6.65. The molecule has 0 spiro atoms. The maximum Gasteiger partial charge on any atom is 0.237 e. The number of carbonyl (C=O) groups is 1. The van der Waals surface area contributed by atoms with Gasteiger partial charge >= 0.3 is 0 Å². The van der Waals surface area contributed by atoms with Crippen molar-refractivity contribution in [3.05, 3.63) is 0 Å². The summed E-state index contributed by atoms with van der Waals surface area (Å²) in [5.41, 5.74) is 5.23. The topological polar surface area (TPSA) is 79.3 Å². The molecule has 1 aliphatic rings. The maximum atomic E-state index is 11.1. The molecule has 2 unspecified atom stereocenters. The molecule has 0 bridgehead atoms. The zero-order valence-corrected chi connectivity index (χ0v) is 8.27. The van der Waals surface area contributed by atoms with Crippen LogP contribution in [-0.2, 0) is 9.53 Å². The van der Waals surface area contributed by atoms with Crippen molar-refractivity contribution >= 4 is 5.91 Å². The van der Waals surface area contributed by atoms with Crippen molar-refractivity contribution < 1.29 is 9.53 Å². The van der Waals surface area contributed by atoms with Gasteiger partial charge in [-0.1, -0.05) is 0 Å². The van der Waals surface area contributed by atoms with Crippen LogP contribution in [0.15, 0.2) is 0 Å². The number of morpholine rings is 1. The van der Waals surface area contributed by atoms with Gasteiger partial charge in [0.2, 0.25) is 5.91 Å². The lowest BCUT2D eigenvalue weighted by Crippen LogP contribution is -2.53. The molecule has 1 rings (SSSR count). The van der Waals surface area contributed by atoms with Crippen LogP contribution in [0.4, 0.5) is 0 Å². The molecule has 0 aromatic heterocycles. The van der Waals surface area contributed by atoms with Gasteiger partial charge in [0.25, 0.3) is 0 Å². The second-order valence-electron chi connectivity index (χ2n) is 3.52. The molecule has 2 atom stereocenters. The Morgan fingerprint density at radius 2 is 2.57 bits per heavy atom. The van der Waals surface area contributed by atoms with Crippen molar-refractivity contribution in [3.63, 3.8) is 0 Å². The van der Waals surface area contributed by atoms with Gasteiger partial charge in [-0.25, -0.2) is 0 Å². The first-order valence-corrected chi connectivity index (χ1v) is 4.66. The number of nitrogens with two attached hydrogens (primary N) is 1. The molecule has 0 saturated carbocycles. The molecule has 1 saturated heterocycles. The predicted octanol–water partition coefficient (Wildman–Crippen LogP) is -0.668. The molecule has 0 aromatic rings. The number of carbonyl (C=O) groups excluding carboxylic acids is 1. The number of primary amides is 1. The lowest BCUT2D eigenvalue weighted by molar-refractivity contribution is -0.129. The third-order valence-corrected chi connectivity index (χ3v) is 2.30. The van der Waals surface area contributed by atoms with Crippen LogP contribution in [0.1, 0.15) is 6.92 Å². The Balaban J connectivity index is 2.55. The Morgan fingerprint density at radius 3 is 3.14 bits per heavy atom. The molecule has 2 N–H and O–H groups in total. The Hall–Kier alpha value is -1.12. The van der Waals surface area contributed by atoms with E-state index < -0.39 is 0 Å². The molecule has 78 valence electrons. The van der Waals surface area contributed by atoms with E-state index in [2.05, 4.69) is 6.07 Å². The van der Waals surface area contributed by atoms with Crippen molar-refractivity contribution in [3.8, 4) is 6.07 Å². The van der Waals surface area contributed by atoms with Gasteiger partial charge in [0.15, 0.2) is 0 Å². The molecule has 1 aliphatic heterocycles. The lowest BCUT2D eigenvalue weighted by atomic mass is 10.1. The minimum absolute atomic E-state index is 0.0880. The summed E-state index contributed by atoms with van der Waals surface area (Å²) in [6.07, 6.45) is 0. The molecular weight excluding hydrogens is 182 g/mol. The average molecular weight is 197 g/mol. The monoisotopic (exact) mass is 197 g/mol. The highest BCUT2D eigenvalue weighted by Gasteiger charge is 2.28. The third-order valence-electron chi connectivity index (χ3n) is 2.30. The van der Waals surface area contributed by atoms with Crippen molar-refractivity contribution in [1.82, 2.24) is 4.90 Å². The van der Waals surface area contributed by atoms with E-state index in [1.165, 1.54) is 0 Å². The number of hydrogen-bond donors (Lipinski definition) is 1. The minimum Gasteiger partial charge on any atom is -0.378 e. The smallest absolute Gasteiger partial charge is 0.237 e. The first-order valence-electron chi connectivity index (χ1n) is 4.66. The second-order valence-corrected chi connectivity index (χ2v) is 3.52. The van der Waals surface area contributed by atoms with E-state index in [0.717, 1.165) is 0 Å². The van der Waals surface area contributed by atoms with Crippen molar-refractivity contribution in [2.24, 2.45) is 11.7 Å². The third kappa shape index (κ3) is 2.69. The van der Waals surface area contributed by atoms with E-state index in [1.54, 1.807) is 0 Å². The van der Waals surface area contributed by atoms with Gasteiger partial charge in [0, 0.05) is 13.1 Å². The maximum absolute atomic E-state index is 11.1. The molecular formula is C9H15N3O2. The van der Waals surface area contributed by atoms with Gasteiger partial charge in [-0.15, -0.1) is 0 Å². The molecule has 1 amide bonds. The number of nitriles is 1. The van der Waals surface area contributed by atoms with E-state index in [-0.39, 0.29) is 17.9 Å². The zero-order valence-electron chi connectivity index (χ0n) is 8.27. The second kappa shape index (κ2) is 4.94. The quantitative estimate of drug-likeness (QED) is 0.651. The van der Waals surface area contributed by atoms with Crippen molar-refractivity contribution in [1.29, 1.82) is 5.26 Å². The van der Waals surface area contributed by atoms with E-state index in [0.29, 0.717) is 26.3 Å². The molecule has 0 aromatic carbocycles. The van der Waals surface area contributed by atoms with E-state index in [9.17, 15) is 4.79 Å². The van der Waals surface area contributed by atoms with Crippen LogP contribution in [-0.4, -0.2) is 43.2 Å². The molecule has 1 fully saturated rings. The number of amides is 1. The normalized spacial score (nSPS) is 25.3. The first kappa shape index (κ1) is 11.0. The summed E-state index contributed by atoms with van der Waals surface area (Å²) < 4.78 is 5.16. The van der Waals surface area contributed by atoms with Gasteiger partial charge < -0.3 is 10.5 Å². The molecule has 5 heteroatoms.